The van der Waals surface area contributed by atoms with Gasteiger partial charge in [-0.3, -0.25) is 9.48 Å². The first kappa shape index (κ1) is 23.5. The Morgan fingerprint density at radius 2 is 2.24 bits per heavy atom. The molecular weight excluding hydrogens is 462 g/mol. The van der Waals surface area contributed by atoms with E-state index >= 15 is 0 Å². The van der Waals surface area contributed by atoms with Crippen molar-refractivity contribution in [3.8, 4) is 0 Å². The molecule has 3 aromatic heterocycles. The van der Waals surface area contributed by atoms with Gasteiger partial charge in [-0.05, 0) is 57.6 Å². The number of rotatable bonds is 8. The average Bonchev–Trinajstić information content (AvgIpc) is 3.50. The summed E-state index contributed by atoms with van der Waals surface area (Å²) in [5, 5.41) is 16.3. The normalized spacial score (nSPS) is 16.3. The van der Waals surface area contributed by atoms with Crippen molar-refractivity contribution in [1.82, 2.24) is 20.0 Å². The molecule has 9 nitrogen and oxygen atoms in total. The Hall–Kier alpha value is -2.66. The first-order valence-electron chi connectivity index (χ1n) is 10.9. The Kier molecular flexibility index (Phi) is 7.18. The number of anilines is 1. The standard InChI is InChI=1S/C22H27N5O4S2/c1-5-30-21(29)18-15-7-6-12(2)10-16(15)33-20(18)23-17(28)11-32-22-25-24-19(31-22)14(4)27-9-8-13(3)26-27/h8-9,12,14H,5-7,10-11H2,1-4H3,(H,23,28)/t12-,14+/m1/s1. The van der Waals surface area contributed by atoms with Crippen molar-refractivity contribution in [3.63, 3.8) is 0 Å². The monoisotopic (exact) mass is 489 g/mol. The zero-order valence-electron chi connectivity index (χ0n) is 19.1. The lowest BCUT2D eigenvalue weighted by Crippen LogP contribution is -2.17. The highest BCUT2D eigenvalue weighted by atomic mass is 32.2. The van der Waals surface area contributed by atoms with Gasteiger partial charge in [0.25, 0.3) is 5.22 Å². The average molecular weight is 490 g/mol. The molecule has 3 heterocycles. The van der Waals surface area contributed by atoms with Gasteiger partial charge in [0.2, 0.25) is 11.8 Å². The van der Waals surface area contributed by atoms with Crippen LogP contribution in [0.25, 0.3) is 0 Å². The number of aromatic nitrogens is 4. The summed E-state index contributed by atoms with van der Waals surface area (Å²) < 4.78 is 12.7. The summed E-state index contributed by atoms with van der Waals surface area (Å²) in [6.07, 6.45) is 4.61. The van der Waals surface area contributed by atoms with Gasteiger partial charge in [0.05, 0.1) is 23.6 Å². The van der Waals surface area contributed by atoms with Gasteiger partial charge in [-0.15, -0.1) is 21.5 Å². The molecule has 1 amide bonds. The zero-order valence-corrected chi connectivity index (χ0v) is 20.7. The Morgan fingerprint density at radius 1 is 1.42 bits per heavy atom. The molecule has 0 aliphatic heterocycles. The molecule has 33 heavy (non-hydrogen) atoms. The van der Waals surface area contributed by atoms with E-state index in [2.05, 4.69) is 27.5 Å². The summed E-state index contributed by atoms with van der Waals surface area (Å²) in [6.45, 7) is 8.10. The molecule has 11 heteroatoms. The highest BCUT2D eigenvalue weighted by molar-refractivity contribution is 7.99. The molecule has 2 atom stereocenters. The highest BCUT2D eigenvalue weighted by Crippen LogP contribution is 2.40. The second-order valence-electron chi connectivity index (χ2n) is 8.13. The van der Waals surface area contributed by atoms with Gasteiger partial charge in [0.15, 0.2) is 0 Å². The van der Waals surface area contributed by atoms with Crippen LogP contribution in [0.4, 0.5) is 5.00 Å². The van der Waals surface area contributed by atoms with Crippen molar-refractivity contribution in [3.05, 3.63) is 39.9 Å². The van der Waals surface area contributed by atoms with Gasteiger partial charge in [-0.1, -0.05) is 18.7 Å². The molecule has 0 saturated heterocycles. The Labute approximate surface area is 200 Å². The summed E-state index contributed by atoms with van der Waals surface area (Å²) in [7, 11) is 0. The summed E-state index contributed by atoms with van der Waals surface area (Å²) in [6, 6.07) is 1.70. The van der Waals surface area contributed by atoms with Crippen LogP contribution in [0.5, 0.6) is 0 Å². The number of thiophene rings is 1. The predicted octanol–water partition coefficient (Wildman–Crippen LogP) is 4.28. The van der Waals surface area contributed by atoms with Crippen molar-refractivity contribution in [2.24, 2.45) is 5.92 Å². The van der Waals surface area contributed by atoms with E-state index < -0.39 is 0 Å². The van der Waals surface area contributed by atoms with Crippen LogP contribution in [0.1, 0.15) is 65.6 Å². The summed E-state index contributed by atoms with van der Waals surface area (Å²) >= 11 is 2.63. The number of esters is 1. The van der Waals surface area contributed by atoms with Crippen LogP contribution in [-0.4, -0.2) is 44.2 Å². The molecule has 1 aliphatic carbocycles. The van der Waals surface area contributed by atoms with Gasteiger partial charge < -0.3 is 14.5 Å². The SMILES string of the molecule is CCOC(=O)c1c(NC(=O)CSc2nnc([C@H](C)n3ccc(C)n3)o2)sc2c1CC[C@@H](C)C2. The van der Waals surface area contributed by atoms with Crippen LogP contribution in [0.3, 0.4) is 0 Å². The van der Waals surface area contributed by atoms with Gasteiger partial charge in [-0.2, -0.15) is 5.10 Å². The first-order valence-corrected chi connectivity index (χ1v) is 12.7. The third-order valence-electron chi connectivity index (χ3n) is 5.49. The fourth-order valence-corrected chi connectivity index (χ4v) is 5.74. The van der Waals surface area contributed by atoms with Gasteiger partial charge in [-0.25, -0.2) is 4.79 Å². The van der Waals surface area contributed by atoms with Crippen LogP contribution in [-0.2, 0) is 22.4 Å². The second-order valence-corrected chi connectivity index (χ2v) is 10.2. The number of carbonyl (C=O) groups excluding carboxylic acids is 2. The molecule has 0 saturated carbocycles. The lowest BCUT2D eigenvalue weighted by atomic mass is 9.88. The van der Waals surface area contributed by atoms with E-state index in [0.29, 0.717) is 34.2 Å². The molecule has 3 aromatic rings. The number of aryl methyl sites for hydroxylation is 1. The number of amides is 1. The molecule has 0 unspecified atom stereocenters. The van der Waals surface area contributed by atoms with Crippen LogP contribution in [0.15, 0.2) is 21.9 Å². The van der Waals surface area contributed by atoms with Gasteiger partial charge >= 0.3 is 5.97 Å². The second kappa shape index (κ2) is 10.1. The lowest BCUT2D eigenvalue weighted by molar-refractivity contribution is -0.113. The van der Waals surface area contributed by atoms with E-state index in [9.17, 15) is 9.59 Å². The maximum atomic E-state index is 12.7. The Bertz CT molecular complexity index is 1150. The van der Waals surface area contributed by atoms with Gasteiger partial charge in [0, 0.05) is 11.1 Å². The van der Waals surface area contributed by atoms with E-state index in [1.54, 1.807) is 11.6 Å². The number of ether oxygens (including phenoxy) is 1. The van der Waals surface area contributed by atoms with Gasteiger partial charge in [0.1, 0.15) is 11.0 Å². The highest BCUT2D eigenvalue weighted by Gasteiger charge is 2.29. The smallest absolute Gasteiger partial charge is 0.341 e. The van der Waals surface area contributed by atoms with E-state index in [1.165, 1.54) is 11.3 Å². The number of hydrogen-bond acceptors (Lipinski definition) is 9. The molecule has 4 rings (SSSR count). The third kappa shape index (κ3) is 5.30. The molecule has 0 fully saturated rings. The summed E-state index contributed by atoms with van der Waals surface area (Å²) in [5.41, 5.74) is 2.42. The fraction of sp³-hybridized carbons (Fsp3) is 0.500. The molecular formula is C22H27N5O4S2. The van der Waals surface area contributed by atoms with E-state index in [1.807, 2.05) is 26.1 Å². The van der Waals surface area contributed by atoms with E-state index in [-0.39, 0.29) is 23.7 Å². The maximum Gasteiger partial charge on any atom is 0.341 e. The van der Waals surface area contributed by atoms with Crippen molar-refractivity contribution in [1.29, 1.82) is 0 Å². The number of fused-ring (bicyclic) bond motifs is 1. The van der Waals surface area contributed by atoms with Crippen LogP contribution >= 0.6 is 23.1 Å². The maximum absolute atomic E-state index is 12.7. The molecule has 0 spiro atoms. The minimum absolute atomic E-state index is 0.0815. The van der Waals surface area contributed by atoms with Crippen molar-refractivity contribution in [2.45, 2.75) is 58.2 Å². The lowest BCUT2D eigenvalue weighted by Gasteiger charge is -2.18. The van der Waals surface area contributed by atoms with Crippen molar-refractivity contribution < 1.29 is 18.7 Å². The molecule has 1 aliphatic rings. The number of thioether (sulfide) groups is 1. The minimum Gasteiger partial charge on any atom is -0.462 e. The molecule has 0 aromatic carbocycles. The zero-order chi connectivity index (χ0) is 23.5. The fourth-order valence-electron chi connectivity index (χ4n) is 3.76. The number of nitrogens with one attached hydrogen (secondary N) is 1. The topological polar surface area (TPSA) is 112 Å². The Morgan fingerprint density at radius 3 is 2.97 bits per heavy atom. The minimum atomic E-state index is -0.378. The quantitative estimate of drug-likeness (QED) is 0.369. The summed E-state index contributed by atoms with van der Waals surface area (Å²) in [5.74, 6) is 0.443. The number of hydrogen-bond donors (Lipinski definition) is 1. The summed E-state index contributed by atoms with van der Waals surface area (Å²) in [4.78, 5) is 26.4. The molecule has 176 valence electrons. The van der Waals surface area contributed by atoms with Crippen LogP contribution in [0, 0.1) is 12.8 Å². The third-order valence-corrected chi connectivity index (χ3v) is 7.48. The van der Waals surface area contributed by atoms with E-state index in [0.717, 1.165) is 47.2 Å². The largest absolute Gasteiger partial charge is 0.462 e. The number of carbonyl (C=O) groups is 2. The van der Waals surface area contributed by atoms with Crippen molar-refractivity contribution >= 4 is 40.0 Å². The van der Waals surface area contributed by atoms with Crippen LogP contribution < -0.4 is 5.32 Å². The molecule has 0 bridgehead atoms. The van der Waals surface area contributed by atoms with Crippen LogP contribution in [0.2, 0.25) is 0 Å². The predicted molar refractivity (Wildman–Crippen MR) is 126 cm³/mol. The van der Waals surface area contributed by atoms with Crippen molar-refractivity contribution in [2.75, 3.05) is 17.7 Å². The number of nitrogens with zero attached hydrogens (tertiary/aromatic N) is 4. The first-order chi connectivity index (χ1) is 15.9. The molecule has 0 radical (unpaired) electrons. The van der Waals surface area contributed by atoms with E-state index in [4.69, 9.17) is 9.15 Å². The molecule has 1 N–H and O–H groups in total. The Balaban J connectivity index is 1.41.